The second kappa shape index (κ2) is 5.27. The average Bonchev–Trinajstić information content (AvgIpc) is 2.38. The van der Waals surface area contributed by atoms with Gasteiger partial charge in [-0.25, -0.2) is 0 Å². The average molecular weight is 233 g/mol. The molecule has 2 rings (SSSR count). The summed E-state index contributed by atoms with van der Waals surface area (Å²) in [5, 5.41) is 2.88. The van der Waals surface area contributed by atoms with Crippen molar-refractivity contribution in [2.45, 2.75) is 44.2 Å². The van der Waals surface area contributed by atoms with Crippen molar-refractivity contribution in [3.63, 3.8) is 0 Å². The highest BCUT2D eigenvalue weighted by molar-refractivity contribution is 5.86. The molecular formula is C13H19N3O. The number of nitrogens with zero attached hydrogens (tertiary/aromatic N) is 1. The van der Waals surface area contributed by atoms with Gasteiger partial charge in [0.25, 0.3) is 0 Å². The molecule has 0 aromatic carbocycles. The number of pyridine rings is 1. The van der Waals surface area contributed by atoms with Crippen LogP contribution in [0.3, 0.4) is 0 Å². The summed E-state index contributed by atoms with van der Waals surface area (Å²) in [6.45, 7) is 0.457. The maximum Gasteiger partial charge on any atom is 0.240 e. The lowest BCUT2D eigenvalue weighted by molar-refractivity contribution is -0.127. The van der Waals surface area contributed by atoms with E-state index in [1.165, 1.54) is 6.42 Å². The molecular weight excluding hydrogens is 214 g/mol. The van der Waals surface area contributed by atoms with Crippen LogP contribution >= 0.6 is 0 Å². The summed E-state index contributed by atoms with van der Waals surface area (Å²) in [4.78, 5) is 16.2. The van der Waals surface area contributed by atoms with E-state index in [-0.39, 0.29) is 5.91 Å². The minimum atomic E-state index is -0.660. The lowest BCUT2D eigenvalue weighted by Crippen LogP contribution is -2.54. The fourth-order valence-electron chi connectivity index (χ4n) is 2.26. The molecule has 1 amide bonds. The number of hydrogen-bond acceptors (Lipinski definition) is 3. The van der Waals surface area contributed by atoms with Crippen LogP contribution < -0.4 is 11.1 Å². The minimum absolute atomic E-state index is 0.0390. The van der Waals surface area contributed by atoms with Gasteiger partial charge in [0.15, 0.2) is 0 Å². The first-order valence-electron chi connectivity index (χ1n) is 6.18. The van der Waals surface area contributed by atoms with Crippen LogP contribution in [-0.2, 0) is 11.3 Å². The number of amides is 1. The van der Waals surface area contributed by atoms with E-state index in [0.29, 0.717) is 6.54 Å². The zero-order chi connectivity index (χ0) is 12.1. The Morgan fingerprint density at radius 3 is 2.76 bits per heavy atom. The maximum atomic E-state index is 12.0. The second-order valence-corrected chi connectivity index (χ2v) is 4.72. The Balaban J connectivity index is 1.88. The molecule has 1 aromatic heterocycles. The third-order valence-electron chi connectivity index (χ3n) is 3.35. The van der Waals surface area contributed by atoms with Gasteiger partial charge < -0.3 is 11.1 Å². The zero-order valence-corrected chi connectivity index (χ0v) is 9.98. The highest BCUT2D eigenvalue weighted by Crippen LogP contribution is 2.25. The van der Waals surface area contributed by atoms with Gasteiger partial charge in [-0.3, -0.25) is 9.78 Å². The van der Waals surface area contributed by atoms with E-state index in [4.69, 9.17) is 5.73 Å². The molecule has 1 fully saturated rings. The molecule has 1 aliphatic carbocycles. The quantitative estimate of drug-likeness (QED) is 0.828. The summed E-state index contributed by atoms with van der Waals surface area (Å²) in [6.07, 6.45) is 6.59. The number of carbonyl (C=O) groups is 1. The Hall–Kier alpha value is -1.42. The molecule has 1 aliphatic rings. The third kappa shape index (κ3) is 3.03. The van der Waals surface area contributed by atoms with Gasteiger partial charge in [0.05, 0.1) is 17.8 Å². The van der Waals surface area contributed by atoms with Crippen LogP contribution in [-0.4, -0.2) is 16.4 Å². The SMILES string of the molecule is NC1(C(=O)NCc2ccccn2)CCCCC1. The molecule has 0 saturated heterocycles. The zero-order valence-electron chi connectivity index (χ0n) is 9.98. The van der Waals surface area contributed by atoms with Crippen molar-refractivity contribution in [3.05, 3.63) is 30.1 Å². The molecule has 4 nitrogen and oxygen atoms in total. The summed E-state index contributed by atoms with van der Waals surface area (Å²) in [5.41, 5.74) is 6.34. The molecule has 92 valence electrons. The molecule has 3 N–H and O–H groups in total. The number of rotatable bonds is 3. The van der Waals surface area contributed by atoms with Gasteiger partial charge >= 0.3 is 0 Å². The molecule has 0 unspecified atom stereocenters. The van der Waals surface area contributed by atoms with E-state index in [9.17, 15) is 4.79 Å². The fourth-order valence-corrected chi connectivity index (χ4v) is 2.26. The number of aromatic nitrogens is 1. The number of hydrogen-bond donors (Lipinski definition) is 2. The Bertz CT molecular complexity index is 372. The molecule has 0 aliphatic heterocycles. The Labute approximate surface area is 102 Å². The lowest BCUT2D eigenvalue weighted by Gasteiger charge is -2.31. The molecule has 0 spiro atoms. The molecule has 0 bridgehead atoms. The summed E-state index contributed by atoms with van der Waals surface area (Å²) in [7, 11) is 0. The van der Waals surface area contributed by atoms with Crippen molar-refractivity contribution in [1.29, 1.82) is 0 Å². The smallest absolute Gasteiger partial charge is 0.240 e. The van der Waals surface area contributed by atoms with Crippen LogP contribution in [0.5, 0.6) is 0 Å². The predicted molar refractivity (Wildman–Crippen MR) is 66.1 cm³/mol. The van der Waals surface area contributed by atoms with Crippen molar-refractivity contribution < 1.29 is 4.79 Å². The molecule has 1 aromatic rings. The van der Waals surface area contributed by atoms with E-state index < -0.39 is 5.54 Å². The van der Waals surface area contributed by atoms with Crippen molar-refractivity contribution >= 4 is 5.91 Å². The van der Waals surface area contributed by atoms with E-state index in [1.54, 1.807) is 6.20 Å². The van der Waals surface area contributed by atoms with Crippen LogP contribution in [0.4, 0.5) is 0 Å². The number of nitrogens with two attached hydrogens (primary N) is 1. The van der Waals surface area contributed by atoms with Gasteiger partial charge in [-0.2, -0.15) is 0 Å². The maximum absolute atomic E-state index is 12.0. The summed E-state index contributed by atoms with van der Waals surface area (Å²) < 4.78 is 0. The second-order valence-electron chi connectivity index (χ2n) is 4.72. The van der Waals surface area contributed by atoms with Gasteiger partial charge in [-0.15, -0.1) is 0 Å². The number of carbonyl (C=O) groups excluding carboxylic acids is 1. The predicted octanol–water partition coefficient (Wildman–Crippen LogP) is 1.36. The molecule has 0 atom stereocenters. The van der Waals surface area contributed by atoms with Gasteiger partial charge in [0.2, 0.25) is 5.91 Å². The molecule has 1 saturated carbocycles. The summed E-state index contributed by atoms with van der Waals surface area (Å²) in [6, 6.07) is 5.66. The molecule has 4 heteroatoms. The van der Waals surface area contributed by atoms with Crippen molar-refractivity contribution in [1.82, 2.24) is 10.3 Å². The topological polar surface area (TPSA) is 68.0 Å². The fraction of sp³-hybridized carbons (Fsp3) is 0.538. The lowest BCUT2D eigenvalue weighted by atomic mass is 9.82. The van der Waals surface area contributed by atoms with Crippen molar-refractivity contribution in [2.75, 3.05) is 0 Å². The van der Waals surface area contributed by atoms with Crippen LogP contribution in [0.15, 0.2) is 24.4 Å². The van der Waals surface area contributed by atoms with E-state index >= 15 is 0 Å². The van der Waals surface area contributed by atoms with Crippen molar-refractivity contribution in [2.24, 2.45) is 5.73 Å². The monoisotopic (exact) mass is 233 g/mol. The summed E-state index contributed by atoms with van der Waals surface area (Å²) in [5.74, 6) is -0.0390. The van der Waals surface area contributed by atoms with Crippen LogP contribution in [0.2, 0.25) is 0 Å². The largest absolute Gasteiger partial charge is 0.349 e. The van der Waals surface area contributed by atoms with E-state index in [1.807, 2.05) is 18.2 Å². The van der Waals surface area contributed by atoms with Crippen LogP contribution in [0.1, 0.15) is 37.8 Å². The minimum Gasteiger partial charge on any atom is -0.349 e. The highest BCUT2D eigenvalue weighted by atomic mass is 16.2. The van der Waals surface area contributed by atoms with Gasteiger partial charge in [0.1, 0.15) is 0 Å². The molecule has 0 radical (unpaired) electrons. The van der Waals surface area contributed by atoms with Gasteiger partial charge in [-0.1, -0.05) is 25.3 Å². The Morgan fingerprint density at radius 2 is 2.12 bits per heavy atom. The standard InChI is InChI=1S/C13H19N3O/c14-13(7-3-1-4-8-13)12(17)16-10-11-6-2-5-9-15-11/h2,5-6,9H,1,3-4,7-8,10,14H2,(H,16,17). The Kier molecular flexibility index (Phi) is 3.74. The van der Waals surface area contributed by atoms with Crippen molar-refractivity contribution in [3.8, 4) is 0 Å². The van der Waals surface area contributed by atoms with E-state index in [2.05, 4.69) is 10.3 Å². The van der Waals surface area contributed by atoms with E-state index in [0.717, 1.165) is 31.4 Å². The van der Waals surface area contributed by atoms with Crippen LogP contribution in [0.25, 0.3) is 0 Å². The first-order chi connectivity index (χ1) is 8.21. The highest BCUT2D eigenvalue weighted by Gasteiger charge is 2.34. The van der Waals surface area contributed by atoms with Gasteiger partial charge in [-0.05, 0) is 25.0 Å². The molecule has 17 heavy (non-hydrogen) atoms. The van der Waals surface area contributed by atoms with Gasteiger partial charge in [0, 0.05) is 6.20 Å². The normalized spacial score (nSPS) is 18.6. The number of nitrogens with one attached hydrogen (secondary N) is 1. The first kappa shape index (κ1) is 12.0. The first-order valence-corrected chi connectivity index (χ1v) is 6.18. The Morgan fingerprint density at radius 1 is 1.35 bits per heavy atom. The molecule has 1 heterocycles. The summed E-state index contributed by atoms with van der Waals surface area (Å²) >= 11 is 0. The third-order valence-corrected chi connectivity index (χ3v) is 3.35. The van der Waals surface area contributed by atoms with Crippen LogP contribution in [0, 0.1) is 0 Å².